The average Bonchev–Trinajstić information content (AvgIpc) is 1.02. The summed E-state index contributed by atoms with van der Waals surface area (Å²) in [4.78, 5) is 22.2. The molecule has 0 fully saturated rings. The third kappa shape index (κ3) is 14.9. The average molecular weight is 1830 g/mol. The van der Waals surface area contributed by atoms with Crippen LogP contribution in [0.25, 0.3) is 230 Å². The highest BCUT2D eigenvalue weighted by Crippen LogP contribution is 2.53. The molecule has 0 N–H and O–H groups in total. The highest BCUT2D eigenvalue weighted by Gasteiger charge is 2.27. The Morgan fingerprint density at radius 3 is 0.785 bits per heavy atom. The van der Waals surface area contributed by atoms with E-state index < -0.39 is 0 Å². The Hall–Kier alpha value is -19.3. The van der Waals surface area contributed by atoms with E-state index in [9.17, 15) is 0 Å². The summed E-state index contributed by atoms with van der Waals surface area (Å²) in [5.41, 5.74) is 32.4. The van der Waals surface area contributed by atoms with Crippen LogP contribution in [0.2, 0.25) is 0 Å². The minimum Gasteiger partial charge on any atom is -0.310 e. The fraction of sp³-hybridized carbons (Fsp3) is 0. The van der Waals surface area contributed by atoms with Crippen LogP contribution in [0.1, 0.15) is 0 Å². The molecule has 6 aromatic heterocycles. The number of aromatic nitrogens is 6. The van der Waals surface area contributed by atoms with Crippen LogP contribution >= 0.6 is 0 Å². The number of pyridine rings is 4. The monoisotopic (exact) mass is 1830 g/mol. The predicted molar refractivity (Wildman–Crippen MR) is 606 cm³/mol. The van der Waals surface area contributed by atoms with Crippen molar-refractivity contribution in [2.75, 3.05) is 9.80 Å². The topological polar surface area (TPSA) is 67.9 Å². The number of benzene rings is 22. The summed E-state index contributed by atoms with van der Waals surface area (Å²) in [7, 11) is 0. The van der Waals surface area contributed by atoms with Gasteiger partial charge in [-0.1, -0.05) is 322 Å². The molecule has 0 aliphatic rings. The van der Waals surface area contributed by atoms with E-state index in [0.29, 0.717) is 0 Å². The molecule has 0 aliphatic carbocycles. The molecule has 144 heavy (non-hydrogen) atoms. The van der Waals surface area contributed by atoms with E-state index in [-0.39, 0.29) is 0 Å². The molecule has 28 aromatic rings. The van der Waals surface area contributed by atoms with E-state index in [2.05, 4.69) is 524 Å². The van der Waals surface area contributed by atoms with E-state index in [4.69, 9.17) is 0 Å². The van der Waals surface area contributed by atoms with Crippen LogP contribution in [0.5, 0.6) is 0 Å². The van der Waals surface area contributed by atoms with Gasteiger partial charge in [0.25, 0.3) is 0 Å². The van der Waals surface area contributed by atoms with Crippen molar-refractivity contribution in [1.82, 2.24) is 29.1 Å². The van der Waals surface area contributed by atoms with Gasteiger partial charge in [-0.2, -0.15) is 0 Å². The summed E-state index contributed by atoms with van der Waals surface area (Å²) in [5, 5.41) is 23.8. The van der Waals surface area contributed by atoms with Gasteiger partial charge in [0.15, 0.2) is 0 Å². The number of nitrogens with zero attached hydrogens (tertiary/aromatic N) is 8. The van der Waals surface area contributed by atoms with Crippen molar-refractivity contribution in [1.29, 1.82) is 0 Å². The summed E-state index contributed by atoms with van der Waals surface area (Å²) >= 11 is 0. The number of anilines is 6. The van der Waals surface area contributed by atoms with Gasteiger partial charge in [0.1, 0.15) is 0 Å². The zero-order chi connectivity index (χ0) is 95.1. The van der Waals surface area contributed by atoms with Gasteiger partial charge >= 0.3 is 0 Å². The molecule has 0 bridgehead atoms. The largest absolute Gasteiger partial charge is 0.310 e. The number of rotatable bonds is 16. The Bertz CT molecular complexity index is 9620. The molecular formula is C136H88N8. The van der Waals surface area contributed by atoms with E-state index in [1.165, 1.54) is 181 Å². The fourth-order valence-corrected chi connectivity index (χ4v) is 22.2. The lowest BCUT2D eigenvalue weighted by molar-refractivity contribution is 1.17. The van der Waals surface area contributed by atoms with Gasteiger partial charge in [0.2, 0.25) is 0 Å². The SMILES string of the molecule is c1ccc(N(c2ccc(-n3c4ccccc4c4ccccc43)cc2)c2ccc3c(-c4ccc(-c5ccc6cnccc6c5)cc4)c4ccccc4c(-c4ccc(-c5ccc6cnccc6c5)cc4)c3c2)cc1.c1ccc(N(c2ccc(-n3c4ccccc4c4ccccc43)cc2)c2cccc3c(-c4ccc(-c5ccc6cnccc6c5)cc4)c4ccccc4c(-c4ccc(-c5ccc6cnccc6c5)cc4)c23)cc1. The van der Waals surface area contributed by atoms with Crippen LogP contribution in [0, 0.1) is 0 Å². The quantitative estimate of drug-likeness (QED) is 0.0898. The highest BCUT2D eigenvalue weighted by atomic mass is 15.2. The molecule has 0 aliphatic heterocycles. The van der Waals surface area contributed by atoms with Crippen molar-refractivity contribution in [2.24, 2.45) is 0 Å². The van der Waals surface area contributed by atoms with Gasteiger partial charge in [0, 0.05) is 138 Å². The van der Waals surface area contributed by atoms with Crippen LogP contribution in [-0.2, 0) is 0 Å². The normalized spacial score (nSPS) is 11.6. The zero-order valence-electron chi connectivity index (χ0n) is 78.4. The molecule has 8 nitrogen and oxygen atoms in total. The van der Waals surface area contributed by atoms with Crippen molar-refractivity contribution in [3.8, 4) is 100 Å². The molecule has 0 atom stereocenters. The van der Waals surface area contributed by atoms with E-state index in [0.717, 1.165) is 83.7 Å². The second-order valence-corrected chi connectivity index (χ2v) is 37.2. The summed E-state index contributed by atoms with van der Waals surface area (Å²) in [5.74, 6) is 0. The van der Waals surface area contributed by atoms with Crippen LogP contribution in [0.15, 0.2) is 535 Å². The van der Waals surface area contributed by atoms with Crippen LogP contribution in [0.3, 0.4) is 0 Å². The third-order valence-electron chi connectivity index (χ3n) is 29.0. The Kier molecular flexibility index (Phi) is 20.8. The second kappa shape index (κ2) is 35.6. The van der Waals surface area contributed by atoms with Crippen molar-refractivity contribution in [3.05, 3.63) is 535 Å². The van der Waals surface area contributed by atoms with Gasteiger partial charge in [0.05, 0.1) is 27.8 Å². The summed E-state index contributed by atoms with van der Waals surface area (Å²) < 4.78 is 4.77. The maximum atomic E-state index is 4.35. The van der Waals surface area contributed by atoms with Gasteiger partial charge in [-0.3, -0.25) is 19.9 Å². The van der Waals surface area contributed by atoms with Gasteiger partial charge in [-0.05, 0) is 312 Å². The fourth-order valence-electron chi connectivity index (χ4n) is 22.2. The predicted octanol–water partition coefficient (Wildman–Crippen LogP) is 36.6. The first-order valence-electron chi connectivity index (χ1n) is 49.0. The second-order valence-electron chi connectivity index (χ2n) is 37.2. The minimum absolute atomic E-state index is 1.07. The lowest BCUT2D eigenvalue weighted by atomic mass is 9.84. The van der Waals surface area contributed by atoms with Crippen LogP contribution in [0.4, 0.5) is 34.1 Å². The summed E-state index contributed by atoms with van der Waals surface area (Å²) in [6, 6.07) is 178. The molecule has 22 aromatic carbocycles. The molecule has 6 heterocycles. The van der Waals surface area contributed by atoms with E-state index in [1.54, 1.807) is 0 Å². The molecule has 0 saturated carbocycles. The highest BCUT2D eigenvalue weighted by molar-refractivity contribution is 6.26. The first-order chi connectivity index (χ1) is 71.4. The molecule has 0 amide bonds. The number of fused-ring (bicyclic) bond motifs is 14. The van der Waals surface area contributed by atoms with Gasteiger partial charge < -0.3 is 18.9 Å². The molecular weight excluding hydrogens is 1750 g/mol. The molecule has 0 radical (unpaired) electrons. The smallest absolute Gasteiger partial charge is 0.0546 e. The Morgan fingerprint density at radius 2 is 0.417 bits per heavy atom. The first-order valence-corrected chi connectivity index (χ1v) is 49.0. The maximum Gasteiger partial charge on any atom is 0.0546 e. The first kappa shape index (κ1) is 84.0. The van der Waals surface area contributed by atoms with E-state index in [1.807, 2.05) is 49.6 Å². The van der Waals surface area contributed by atoms with Crippen molar-refractivity contribution in [3.63, 3.8) is 0 Å². The van der Waals surface area contributed by atoms with Crippen molar-refractivity contribution >= 4 is 164 Å². The number of para-hydroxylation sites is 6. The Morgan fingerprint density at radius 1 is 0.153 bits per heavy atom. The van der Waals surface area contributed by atoms with Gasteiger partial charge in [-0.25, -0.2) is 0 Å². The molecule has 0 saturated heterocycles. The standard InChI is InChI=1S/2C68H44N4/c1-2-11-55(12-3-1)71(56-33-35-57(36-34-56)72-63-18-8-6-13-58(63)59-14-7-9-19-64(59)72)65-20-10-17-62-66(47-25-21-45(22-26-47)49-29-31-53-43-69-39-37-51(53)41-49)60-15-4-5-16-61(60)67(68(62)65)48-27-23-46(24-28-48)50-30-32-54-44-70-40-38-52(54)42-50;1-2-10-55(11-3-1)71(56-30-32-57(33-31-56)72-65-16-8-6-12-59(65)60-13-7-9-17-66(60)72)58-34-35-63-64(42-58)68(48-24-20-46(21-25-48)50-27-29-54-44-70-39-37-52(54)41-50)62-15-5-4-14-61(62)67(63)47-22-18-45(19-23-47)49-26-28-53-43-69-38-36-51(53)40-49/h2*1-44H. The molecule has 0 spiro atoms. The number of hydrogen-bond acceptors (Lipinski definition) is 6. The maximum absolute atomic E-state index is 4.35. The molecule has 28 rings (SSSR count). The molecule has 0 unspecified atom stereocenters. The van der Waals surface area contributed by atoms with E-state index >= 15 is 0 Å². The van der Waals surface area contributed by atoms with Crippen LogP contribution < -0.4 is 9.80 Å². The number of hydrogen-bond donors (Lipinski definition) is 0. The van der Waals surface area contributed by atoms with Crippen LogP contribution in [-0.4, -0.2) is 29.1 Å². The van der Waals surface area contributed by atoms with Gasteiger partial charge in [-0.15, -0.1) is 0 Å². The summed E-state index contributed by atoms with van der Waals surface area (Å²) in [6.45, 7) is 0. The third-order valence-corrected chi connectivity index (χ3v) is 29.0. The summed E-state index contributed by atoms with van der Waals surface area (Å²) in [6.07, 6.45) is 15.2. The van der Waals surface area contributed by atoms with Crippen molar-refractivity contribution < 1.29 is 0 Å². The van der Waals surface area contributed by atoms with Crippen molar-refractivity contribution in [2.45, 2.75) is 0 Å². The Labute approximate surface area is 832 Å². The lowest BCUT2D eigenvalue weighted by Gasteiger charge is -2.29. The minimum atomic E-state index is 1.07. The Balaban J connectivity index is 0.000000143. The zero-order valence-corrected chi connectivity index (χ0v) is 78.4. The lowest BCUT2D eigenvalue weighted by Crippen LogP contribution is -2.11. The molecule has 672 valence electrons. The molecule has 8 heteroatoms.